The molecule has 0 saturated carbocycles. The number of nitrogens with zero attached hydrogens (tertiary/aromatic N) is 3. The summed E-state index contributed by atoms with van der Waals surface area (Å²) in [7, 11) is 0. The molecule has 1 aliphatic rings. The summed E-state index contributed by atoms with van der Waals surface area (Å²) in [5.41, 5.74) is 6.40. The van der Waals surface area contributed by atoms with Crippen LogP contribution in [0.25, 0.3) is 31.7 Å². The molecule has 0 radical (unpaired) electrons. The van der Waals surface area contributed by atoms with Crippen LogP contribution in [0.2, 0.25) is 0 Å². The lowest BCUT2D eigenvalue weighted by atomic mass is 9.87. The smallest absolute Gasteiger partial charge is 0.127 e. The first-order valence-corrected chi connectivity index (χ1v) is 11.4. The molecular weight excluding hydrogens is 370 g/mol. The van der Waals surface area contributed by atoms with Crippen molar-refractivity contribution in [1.82, 2.24) is 15.0 Å². The topological polar surface area (TPSA) is 38.7 Å². The van der Waals surface area contributed by atoms with E-state index in [1.165, 1.54) is 45.3 Å². The number of thioether (sulfide) groups is 1. The maximum absolute atomic E-state index is 5.16. The fraction of sp³-hybridized carbons (Fsp3) is 0.318. The van der Waals surface area contributed by atoms with E-state index in [4.69, 9.17) is 9.97 Å². The van der Waals surface area contributed by atoms with E-state index in [0.717, 1.165) is 40.4 Å². The number of hydrogen-bond donors (Lipinski definition) is 0. The first-order valence-electron chi connectivity index (χ1n) is 9.64. The molecule has 5 rings (SSSR count). The van der Waals surface area contributed by atoms with E-state index in [1.807, 2.05) is 11.8 Å². The number of aromatic nitrogens is 3. The first-order chi connectivity index (χ1) is 13.4. The summed E-state index contributed by atoms with van der Waals surface area (Å²) in [6.07, 6.45) is 7.61. The average molecular weight is 392 g/mol. The second kappa shape index (κ2) is 7.21. The summed E-state index contributed by atoms with van der Waals surface area (Å²) in [4.78, 5) is 15.5. The second-order valence-corrected chi connectivity index (χ2v) is 9.06. The number of fused-ring (bicyclic) bond motifs is 5. The van der Waals surface area contributed by atoms with Gasteiger partial charge in [0.15, 0.2) is 0 Å². The molecule has 4 aromatic rings. The van der Waals surface area contributed by atoms with Gasteiger partial charge in [0.05, 0.1) is 15.9 Å². The number of hydrogen-bond acceptors (Lipinski definition) is 5. The van der Waals surface area contributed by atoms with E-state index in [0.29, 0.717) is 0 Å². The Balaban J connectivity index is 1.81. The fourth-order valence-electron chi connectivity index (χ4n) is 3.98. The van der Waals surface area contributed by atoms with Gasteiger partial charge in [-0.1, -0.05) is 37.3 Å². The van der Waals surface area contributed by atoms with Crippen LogP contribution in [0, 0.1) is 0 Å². The molecule has 5 heteroatoms. The molecule has 3 nitrogen and oxygen atoms in total. The minimum Gasteiger partial charge on any atom is -0.236 e. The lowest BCUT2D eigenvalue weighted by Crippen LogP contribution is -2.07. The van der Waals surface area contributed by atoms with E-state index in [-0.39, 0.29) is 0 Å². The van der Waals surface area contributed by atoms with Gasteiger partial charge in [0.2, 0.25) is 0 Å². The Hall–Kier alpha value is -1.98. The van der Waals surface area contributed by atoms with Crippen molar-refractivity contribution in [2.24, 2.45) is 0 Å². The Labute approximate surface area is 167 Å². The molecule has 0 N–H and O–H groups in total. The van der Waals surface area contributed by atoms with Gasteiger partial charge < -0.3 is 0 Å². The van der Waals surface area contributed by atoms with E-state index >= 15 is 0 Å². The second-order valence-electron chi connectivity index (χ2n) is 6.98. The minimum atomic E-state index is 1.08. The van der Waals surface area contributed by atoms with Crippen molar-refractivity contribution in [3.63, 3.8) is 0 Å². The van der Waals surface area contributed by atoms with Gasteiger partial charge in [0, 0.05) is 10.9 Å². The SMILES string of the molecule is CCCSc1ncnc2c1sc1nc(-c3ccccc3)c3c(c12)CCCC3. The molecule has 0 atom stereocenters. The van der Waals surface area contributed by atoms with Crippen molar-refractivity contribution in [3.8, 4) is 11.3 Å². The van der Waals surface area contributed by atoms with Gasteiger partial charge >= 0.3 is 0 Å². The van der Waals surface area contributed by atoms with Crippen molar-refractivity contribution in [2.75, 3.05) is 5.75 Å². The Bertz CT molecular complexity index is 1120. The zero-order valence-corrected chi connectivity index (χ0v) is 17.0. The van der Waals surface area contributed by atoms with Gasteiger partial charge in [-0.25, -0.2) is 15.0 Å². The summed E-state index contributed by atoms with van der Waals surface area (Å²) >= 11 is 3.60. The molecular formula is C22H21N3S2. The van der Waals surface area contributed by atoms with Gasteiger partial charge in [-0.3, -0.25) is 0 Å². The largest absolute Gasteiger partial charge is 0.236 e. The molecule has 1 aliphatic carbocycles. The Morgan fingerprint density at radius 2 is 1.85 bits per heavy atom. The monoisotopic (exact) mass is 391 g/mol. The van der Waals surface area contributed by atoms with Gasteiger partial charge in [0.25, 0.3) is 0 Å². The predicted octanol–water partition coefficient (Wildman–Crippen LogP) is 6.29. The van der Waals surface area contributed by atoms with Crippen LogP contribution in [0.4, 0.5) is 0 Å². The van der Waals surface area contributed by atoms with Crippen molar-refractivity contribution < 1.29 is 0 Å². The van der Waals surface area contributed by atoms with E-state index in [1.54, 1.807) is 17.7 Å². The summed E-state index contributed by atoms with van der Waals surface area (Å²) in [5.74, 6) is 1.08. The highest BCUT2D eigenvalue weighted by Crippen LogP contribution is 2.43. The van der Waals surface area contributed by atoms with Crippen molar-refractivity contribution >= 4 is 43.5 Å². The normalized spacial score (nSPS) is 14.0. The Morgan fingerprint density at radius 3 is 2.67 bits per heavy atom. The highest BCUT2D eigenvalue weighted by Gasteiger charge is 2.23. The highest BCUT2D eigenvalue weighted by atomic mass is 32.2. The molecule has 3 heterocycles. The number of aryl methyl sites for hydroxylation is 1. The molecule has 0 fully saturated rings. The molecule has 0 saturated heterocycles. The third-order valence-electron chi connectivity index (χ3n) is 5.18. The maximum atomic E-state index is 5.16. The lowest BCUT2D eigenvalue weighted by Gasteiger charge is -2.20. The van der Waals surface area contributed by atoms with Crippen molar-refractivity contribution in [2.45, 2.75) is 44.1 Å². The van der Waals surface area contributed by atoms with E-state index in [9.17, 15) is 0 Å². The van der Waals surface area contributed by atoms with Crippen LogP contribution in [0.1, 0.15) is 37.3 Å². The lowest BCUT2D eigenvalue weighted by molar-refractivity contribution is 0.689. The van der Waals surface area contributed by atoms with Crippen LogP contribution in [-0.4, -0.2) is 20.7 Å². The molecule has 136 valence electrons. The van der Waals surface area contributed by atoms with Crippen LogP contribution >= 0.6 is 23.1 Å². The van der Waals surface area contributed by atoms with Gasteiger partial charge in [-0.05, 0) is 49.0 Å². The maximum Gasteiger partial charge on any atom is 0.127 e. The summed E-state index contributed by atoms with van der Waals surface area (Å²) in [6.45, 7) is 2.21. The van der Waals surface area contributed by atoms with Gasteiger partial charge in [-0.15, -0.1) is 23.1 Å². The van der Waals surface area contributed by atoms with Gasteiger partial charge in [-0.2, -0.15) is 0 Å². The average Bonchev–Trinajstić information content (AvgIpc) is 3.11. The van der Waals surface area contributed by atoms with E-state index in [2.05, 4.69) is 42.2 Å². The molecule has 0 aliphatic heterocycles. The Kier molecular flexibility index (Phi) is 4.58. The quantitative estimate of drug-likeness (QED) is 0.303. The fourth-order valence-corrected chi connectivity index (χ4v) is 6.07. The standard InChI is InChI=1S/C22H21N3S2/c1-2-12-26-22-20-19(23-13-24-22)17-15-10-6-7-11-16(15)18(25-21(17)27-20)14-8-4-3-5-9-14/h3-5,8-9,13H,2,6-7,10-12H2,1H3. The van der Waals surface area contributed by atoms with Crippen molar-refractivity contribution in [1.29, 1.82) is 0 Å². The number of rotatable bonds is 4. The molecule has 3 aromatic heterocycles. The summed E-state index contributed by atoms with van der Waals surface area (Å²) < 4.78 is 1.21. The predicted molar refractivity (Wildman–Crippen MR) is 116 cm³/mol. The van der Waals surface area contributed by atoms with E-state index < -0.39 is 0 Å². The summed E-state index contributed by atoms with van der Waals surface area (Å²) in [6, 6.07) is 10.6. The molecule has 0 spiro atoms. The van der Waals surface area contributed by atoms with Crippen LogP contribution in [0.5, 0.6) is 0 Å². The number of pyridine rings is 1. The molecule has 0 bridgehead atoms. The molecule has 1 aromatic carbocycles. The molecule has 27 heavy (non-hydrogen) atoms. The van der Waals surface area contributed by atoms with Crippen LogP contribution in [0.3, 0.4) is 0 Å². The third kappa shape index (κ3) is 2.93. The molecule has 0 unspecified atom stereocenters. The minimum absolute atomic E-state index is 1.08. The summed E-state index contributed by atoms with van der Waals surface area (Å²) in [5, 5.41) is 2.39. The highest BCUT2D eigenvalue weighted by molar-refractivity contribution is 7.99. The van der Waals surface area contributed by atoms with Crippen molar-refractivity contribution in [3.05, 3.63) is 47.8 Å². The van der Waals surface area contributed by atoms with Crippen LogP contribution in [-0.2, 0) is 12.8 Å². The first kappa shape index (κ1) is 17.1. The zero-order valence-electron chi connectivity index (χ0n) is 15.4. The zero-order chi connectivity index (χ0) is 18.2. The Morgan fingerprint density at radius 1 is 1.04 bits per heavy atom. The third-order valence-corrected chi connectivity index (χ3v) is 7.58. The van der Waals surface area contributed by atoms with Crippen LogP contribution in [0.15, 0.2) is 41.7 Å². The number of benzene rings is 1. The van der Waals surface area contributed by atoms with Crippen LogP contribution < -0.4 is 0 Å². The number of thiophene rings is 1. The molecule has 0 amide bonds. The van der Waals surface area contributed by atoms with Gasteiger partial charge in [0.1, 0.15) is 16.2 Å².